The van der Waals surface area contributed by atoms with Gasteiger partial charge in [-0.3, -0.25) is 9.59 Å². The number of unbranched alkanes of at least 4 members (excludes halogenated alkanes) is 2. The van der Waals surface area contributed by atoms with E-state index in [4.69, 9.17) is 5.11 Å². The number of carbonyl (C=O) groups is 2. The van der Waals surface area contributed by atoms with Crippen LogP contribution < -0.4 is 4.90 Å². The Hall–Kier alpha value is -1.20. The number of ketones is 1. The molecule has 0 saturated carbocycles. The minimum Gasteiger partial charge on any atom is -0.396 e. The largest absolute Gasteiger partial charge is 0.396 e. The average Bonchev–Trinajstić information content (AvgIpc) is 2.60. The van der Waals surface area contributed by atoms with Crippen LogP contribution in [0, 0.1) is 6.92 Å². The van der Waals surface area contributed by atoms with Crippen LogP contribution in [0.1, 0.15) is 35.2 Å². The summed E-state index contributed by atoms with van der Waals surface area (Å²) < 4.78 is 0.812. The van der Waals surface area contributed by atoms with Crippen LogP contribution in [0.15, 0.2) is 16.6 Å². The average molecular weight is 326 g/mol. The molecule has 0 aromatic heterocycles. The van der Waals surface area contributed by atoms with Gasteiger partial charge in [0.05, 0.1) is 11.3 Å². The van der Waals surface area contributed by atoms with E-state index in [1.54, 1.807) is 11.0 Å². The van der Waals surface area contributed by atoms with Crippen LogP contribution in [0.2, 0.25) is 0 Å². The molecule has 1 N–H and O–H groups in total. The van der Waals surface area contributed by atoms with E-state index < -0.39 is 11.7 Å². The number of benzene rings is 1. The summed E-state index contributed by atoms with van der Waals surface area (Å²) in [5, 5.41) is 8.74. The fourth-order valence-electron chi connectivity index (χ4n) is 2.38. The van der Waals surface area contributed by atoms with Gasteiger partial charge in [-0.2, -0.15) is 0 Å². The van der Waals surface area contributed by atoms with Crippen molar-refractivity contribution in [1.29, 1.82) is 0 Å². The number of rotatable bonds is 5. The number of fused-ring (bicyclic) bond motifs is 1. The van der Waals surface area contributed by atoms with E-state index in [0.717, 1.165) is 35.0 Å². The molecule has 0 atom stereocenters. The number of aliphatic hydroxyl groups excluding tert-OH is 1. The van der Waals surface area contributed by atoms with Crippen LogP contribution >= 0.6 is 15.9 Å². The highest BCUT2D eigenvalue weighted by atomic mass is 79.9. The summed E-state index contributed by atoms with van der Waals surface area (Å²) in [7, 11) is 0. The summed E-state index contributed by atoms with van der Waals surface area (Å²) in [6.45, 7) is 2.59. The van der Waals surface area contributed by atoms with Crippen LogP contribution in [0.5, 0.6) is 0 Å². The van der Waals surface area contributed by atoms with Crippen molar-refractivity contribution in [3.05, 3.63) is 27.7 Å². The molecule has 4 nitrogen and oxygen atoms in total. The lowest BCUT2D eigenvalue weighted by molar-refractivity contribution is -0.114. The Morgan fingerprint density at radius 3 is 2.63 bits per heavy atom. The zero-order chi connectivity index (χ0) is 14.0. The molecule has 102 valence electrons. The number of aliphatic hydroxyl groups is 1. The van der Waals surface area contributed by atoms with Crippen LogP contribution in [-0.4, -0.2) is 29.9 Å². The molecule has 1 aliphatic heterocycles. The molecule has 1 aromatic carbocycles. The van der Waals surface area contributed by atoms with Crippen LogP contribution in [0.4, 0.5) is 5.69 Å². The highest BCUT2D eigenvalue weighted by molar-refractivity contribution is 9.10. The Kier molecular flexibility index (Phi) is 4.37. The molecule has 0 unspecified atom stereocenters. The Morgan fingerprint density at radius 1 is 1.21 bits per heavy atom. The maximum absolute atomic E-state index is 12.0. The van der Waals surface area contributed by atoms with Gasteiger partial charge in [0.2, 0.25) is 0 Å². The van der Waals surface area contributed by atoms with E-state index in [1.807, 2.05) is 13.0 Å². The van der Waals surface area contributed by atoms with Gasteiger partial charge in [0.25, 0.3) is 11.7 Å². The predicted molar refractivity (Wildman–Crippen MR) is 76.5 cm³/mol. The highest BCUT2D eigenvalue weighted by Gasteiger charge is 2.36. The zero-order valence-corrected chi connectivity index (χ0v) is 12.4. The Labute approximate surface area is 120 Å². The van der Waals surface area contributed by atoms with Crippen LogP contribution in [0.25, 0.3) is 0 Å². The molecule has 0 fully saturated rings. The fraction of sp³-hybridized carbons (Fsp3) is 0.429. The second-order valence-corrected chi connectivity index (χ2v) is 5.60. The first kappa shape index (κ1) is 14.2. The minimum atomic E-state index is -0.444. The Balaban J connectivity index is 2.23. The number of amides is 1. The summed E-state index contributed by atoms with van der Waals surface area (Å²) in [6.07, 6.45) is 2.36. The third-order valence-electron chi connectivity index (χ3n) is 3.26. The van der Waals surface area contributed by atoms with Gasteiger partial charge < -0.3 is 10.0 Å². The summed E-state index contributed by atoms with van der Waals surface area (Å²) in [6, 6.07) is 3.61. The first-order valence-corrected chi connectivity index (χ1v) is 7.12. The number of carbonyl (C=O) groups excluding carboxylic acids is 2. The third kappa shape index (κ3) is 2.72. The molecule has 19 heavy (non-hydrogen) atoms. The summed E-state index contributed by atoms with van der Waals surface area (Å²) in [4.78, 5) is 25.5. The van der Waals surface area contributed by atoms with E-state index >= 15 is 0 Å². The smallest absolute Gasteiger partial charge is 0.299 e. The molecule has 0 radical (unpaired) electrons. The standard InChI is InChI=1S/C14H16BrNO3/c1-9-7-10(15)8-11-12(9)16(14(19)13(11)18)5-3-2-4-6-17/h7-8,17H,2-6H2,1H3. The number of halogens is 1. The Morgan fingerprint density at radius 2 is 1.95 bits per heavy atom. The van der Waals surface area contributed by atoms with E-state index in [2.05, 4.69) is 15.9 Å². The monoisotopic (exact) mass is 325 g/mol. The van der Waals surface area contributed by atoms with Crippen molar-refractivity contribution in [2.75, 3.05) is 18.1 Å². The lowest BCUT2D eigenvalue weighted by atomic mass is 10.1. The van der Waals surface area contributed by atoms with Crippen molar-refractivity contribution in [3.8, 4) is 0 Å². The van der Waals surface area contributed by atoms with Gasteiger partial charge in [-0.25, -0.2) is 0 Å². The van der Waals surface area contributed by atoms with Gasteiger partial charge in [0, 0.05) is 17.6 Å². The van der Waals surface area contributed by atoms with Crippen LogP contribution in [-0.2, 0) is 4.79 Å². The van der Waals surface area contributed by atoms with Crippen molar-refractivity contribution in [2.45, 2.75) is 26.2 Å². The molecule has 0 aliphatic carbocycles. The molecule has 2 rings (SSSR count). The van der Waals surface area contributed by atoms with E-state index in [1.165, 1.54) is 0 Å². The van der Waals surface area contributed by atoms with Gasteiger partial charge in [-0.05, 0) is 43.9 Å². The molecule has 1 amide bonds. The van der Waals surface area contributed by atoms with E-state index in [9.17, 15) is 9.59 Å². The molecule has 0 spiro atoms. The molecule has 5 heteroatoms. The number of anilines is 1. The second-order valence-electron chi connectivity index (χ2n) is 4.69. The topological polar surface area (TPSA) is 57.6 Å². The van der Waals surface area contributed by atoms with Gasteiger partial charge in [-0.15, -0.1) is 0 Å². The number of hydrogen-bond acceptors (Lipinski definition) is 3. The Bertz CT molecular complexity index is 528. The fourth-order valence-corrected chi connectivity index (χ4v) is 2.95. The zero-order valence-electron chi connectivity index (χ0n) is 10.8. The van der Waals surface area contributed by atoms with E-state index in [0.29, 0.717) is 12.1 Å². The van der Waals surface area contributed by atoms with Gasteiger partial charge >= 0.3 is 0 Å². The highest BCUT2D eigenvalue weighted by Crippen LogP contribution is 2.35. The molecular formula is C14H16BrNO3. The van der Waals surface area contributed by atoms with Crippen molar-refractivity contribution < 1.29 is 14.7 Å². The maximum atomic E-state index is 12.0. The van der Waals surface area contributed by atoms with E-state index in [-0.39, 0.29) is 6.61 Å². The minimum absolute atomic E-state index is 0.162. The number of aryl methyl sites for hydroxylation is 1. The molecule has 0 saturated heterocycles. The van der Waals surface area contributed by atoms with Crippen molar-refractivity contribution in [1.82, 2.24) is 0 Å². The first-order chi connectivity index (χ1) is 9.06. The summed E-state index contributed by atoms with van der Waals surface area (Å²) in [5.74, 6) is -0.873. The number of hydrogen-bond donors (Lipinski definition) is 1. The summed E-state index contributed by atoms with van der Waals surface area (Å²) >= 11 is 3.35. The number of Topliss-reactive ketones (excluding diaryl/α,β-unsaturated/α-hetero) is 1. The molecule has 1 aromatic rings. The first-order valence-electron chi connectivity index (χ1n) is 6.33. The lowest BCUT2D eigenvalue weighted by Gasteiger charge is -2.18. The van der Waals surface area contributed by atoms with Crippen LogP contribution in [0.3, 0.4) is 0 Å². The molecule has 1 heterocycles. The quantitative estimate of drug-likeness (QED) is 0.668. The van der Waals surface area contributed by atoms with Gasteiger partial charge in [0.1, 0.15) is 0 Å². The lowest BCUT2D eigenvalue weighted by Crippen LogP contribution is -2.31. The van der Waals surface area contributed by atoms with Gasteiger partial charge in [-0.1, -0.05) is 15.9 Å². The van der Waals surface area contributed by atoms with Crippen molar-refractivity contribution in [2.24, 2.45) is 0 Å². The maximum Gasteiger partial charge on any atom is 0.299 e. The second kappa shape index (κ2) is 5.84. The SMILES string of the molecule is Cc1cc(Br)cc2c1N(CCCCCO)C(=O)C2=O. The molecular weight excluding hydrogens is 310 g/mol. The van der Waals surface area contributed by atoms with Crippen molar-refractivity contribution >= 4 is 33.3 Å². The third-order valence-corrected chi connectivity index (χ3v) is 3.72. The normalized spacial score (nSPS) is 14.2. The number of nitrogens with zero attached hydrogens (tertiary/aromatic N) is 1. The van der Waals surface area contributed by atoms with Crippen molar-refractivity contribution in [3.63, 3.8) is 0 Å². The van der Waals surface area contributed by atoms with Gasteiger partial charge in [0.15, 0.2) is 0 Å². The molecule has 1 aliphatic rings. The molecule has 0 bridgehead atoms. The predicted octanol–water partition coefficient (Wildman–Crippen LogP) is 2.45. The summed E-state index contributed by atoms with van der Waals surface area (Å²) in [5.41, 5.74) is 2.15.